The summed E-state index contributed by atoms with van der Waals surface area (Å²) in [4.78, 5) is 30.2. The summed E-state index contributed by atoms with van der Waals surface area (Å²) >= 11 is 6.12. The highest BCUT2D eigenvalue weighted by Crippen LogP contribution is 2.36. The molecule has 9 heteroatoms. The molecule has 0 unspecified atom stereocenters. The number of morpholine rings is 1. The number of hydrogen-bond donors (Lipinski definition) is 0. The zero-order valence-electron chi connectivity index (χ0n) is 19.1. The summed E-state index contributed by atoms with van der Waals surface area (Å²) in [6.07, 6.45) is 1.87. The van der Waals surface area contributed by atoms with Crippen molar-refractivity contribution in [1.82, 2.24) is 15.0 Å². The molecular formula is C24H30ClN3O5. The maximum Gasteiger partial charge on any atom is 0.259 e. The van der Waals surface area contributed by atoms with Crippen LogP contribution >= 0.6 is 11.6 Å². The Morgan fingerprint density at radius 1 is 1.18 bits per heavy atom. The van der Waals surface area contributed by atoms with E-state index in [1.54, 1.807) is 26.0 Å². The Morgan fingerprint density at radius 2 is 1.97 bits per heavy atom. The molecule has 0 radical (unpaired) electrons. The Balaban J connectivity index is 1.55. The molecule has 2 amide bonds. The number of carbonyl (C=O) groups is 2. The SMILES string of the molecule is Cc1noc(C)c1C(=O)N1CCC[C@](COc2cccc(Cl)c2)(CC(=O)N2CCOCC2)C1. The van der Waals surface area contributed by atoms with Crippen LogP contribution < -0.4 is 4.74 Å². The van der Waals surface area contributed by atoms with Gasteiger partial charge < -0.3 is 23.8 Å². The monoisotopic (exact) mass is 475 g/mol. The van der Waals surface area contributed by atoms with Crippen LogP contribution in [0.3, 0.4) is 0 Å². The second kappa shape index (κ2) is 10.1. The van der Waals surface area contributed by atoms with Gasteiger partial charge in [-0.25, -0.2) is 0 Å². The molecule has 1 aromatic carbocycles. The van der Waals surface area contributed by atoms with Crippen LogP contribution in [0, 0.1) is 19.3 Å². The van der Waals surface area contributed by atoms with E-state index in [1.165, 1.54) is 0 Å². The number of piperidine rings is 1. The van der Waals surface area contributed by atoms with Gasteiger partial charge in [0.1, 0.15) is 17.1 Å². The predicted octanol–water partition coefficient (Wildman–Crippen LogP) is 3.50. The fourth-order valence-electron chi connectivity index (χ4n) is 4.68. The maximum absolute atomic E-state index is 13.4. The largest absolute Gasteiger partial charge is 0.493 e. The molecule has 2 aliphatic rings. The predicted molar refractivity (Wildman–Crippen MR) is 123 cm³/mol. The fourth-order valence-corrected chi connectivity index (χ4v) is 4.86. The van der Waals surface area contributed by atoms with Crippen LogP contribution in [0.15, 0.2) is 28.8 Å². The first-order valence-electron chi connectivity index (χ1n) is 11.3. The molecule has 1 atom stereocenters. The Labute approximate surface area is 198 Å². The molecule has 3 heterocycles. The van der Waals surface area contributed by atoms with Crippen molar-refractivity contribution in [2.24, 2.45) is 5.41 Å². The summed E-state index contributed by atoms with van der Waals surface area (Å²) in [5.74, 6) is 1.11. The van der Waals surface area contributed by atoms with Gasteiger partial charge in [0.05, 0.1) is 25.5 Å². The molecule has 33 heavy (non-hydrogen) atoms. The minimum atomic E-state index is -0.509. The van der Waals surface area contributed by atoms with E-state index in [4.69, 9.17) is 25.6 Å². The molecule has 8 nitrogen and oxygen atoms in total. The van der Waals surface area contributed by atoms with Crippen molar-refractivity contribution < 1.29 is 23.6 Å². The first-order chi connectivity index (χ1) is 15.9. The first kappa shape index (κ1) is 23.6. The normalized spacial score (nSPS) is 21.2. The molecular weight excluding hydrogens is 446 g/mol. The van der Waals surface area contributed by atoms with Gasteiger partial charge in [-0.3, -0.25) is 9.59 Å². The van der Waals surface area contributed by atoms with Crippen LogP contribution in [-0.4, -0.2) is 72.8 Å². The van der Waals surface area contributed by atoms with Gasteiger partial charge in [0.15, 0.2) is 0 Å². The second-order valence-corrected chi connectivity index (χ2v) is 9.38. The van der Waals surface area contributed by atoms with Crippen LogP contribution in [0.5, 0.6) is 5.75 Å². The number of likely N-dealkylation sites (tertiary alicyclic amines) is 1. The summed E-state index contributed by atoms with van der Waals surface area (Å²) in [5.41, 5.74) is 0.569. The number of aromatic nitrogens is 1. The number of nitrogens with zero attached hydrogens (tertiary/aromatic N) is 3. The molecule has 0 bridgehead atoms. The second-order valence-electron chi connectivity index (χ2n) is 8.95. The lowest BCUT2D eigenvalue weighted by atomic mass is 9.77. The van der Waals surface area contributed by atoms with Gasteiger partial charge in [0, 0.05) is 43.0 Å². The number of carbonyl (C=O) groups excluding carboxylic acids is 2. The molecule has 0 aliphatic carbocycles. The van der Waals surface area contributed by atoms with E-state index in [1.807, 2.05) is 21.9 Å². The van der Waals surface area contributed by atoms with E-state index < -0.39 is 5.41 Å². The van der Waals surface area contributed by atoms with E-state index in [-0.39, 0.29) is 11.8 Å². The van der Waals surface area contributed by atoms with Gasteiger partial charge in [-0.05, 0) is 44.9 Å². The van der Waals surface area contributed by atoms with Gasteiger partial charge in [0.2, 0.25) is 5.91 Å². The zero-order valence-corrected chi connectivity index (χ0v) is 19.9. The van der Waals surface area contributed by atoms with E-state index in [2.05, 4.69) is 5.16 Å². The summed E-state index contributed by atoms with van der Waals surface area (Å²) < 4.78 is 16.7. The van der Waals surface area contributed by atoms with Crippen molar-refractivity contribution in [3.8, 4) is 5.75 Å². The Kier molecular flexibility index (Phi) is 7.24. The van der Waals surface area contributed by atoms with Gasteiger partial charge in [-0.2, -0.15) is 0 Å². The highest BCUT2D eigenvalue weighted by Gasteiger charge is 2.42. The zero-order chi connectivity index (χ0) is 23.4. The van der Waals surface area contributed by atoms with Crippen molar-refractivity contribution in [2.45, 2.75) is 33.1 Å². The molecule has 1 aromatic heterocycles. The molecule has 0 spiro atoms. The number of hydrogen-bond acceptors (Lipinski definition) is 6. The number of ether oxygens (including phenoxy) is 2. The van der Waals surface area contributed by atoms with E-state index in [0.29, 0.717) is 80.2 Å². The molecule has 0 saturated carbocycles. The number of benzene rings is 1. The number of aryl methyl sites for hydroxylation is 2. The highest BCUT2D eigenvalue weighted by atomic mass is 35.5. The summed E-state index contributed by atoms with van der Waals surface area (Å²) in [7, 11) is 0. The van der Waals surface area contributed by atoms with Crippen molar-refractivity contribution >= 4 is 23.4 Å². The maximum atomic E-state index is 13.4. The molecule has 2 aromatic rings. The Morgan fingerprint density at radius 3 is 2.67 bits per heavy atom. The Bertz CT molecular complexity index is 984. The lowest BCUT2D eigenvalue weighted by molar-refractivity contribution is -0.139. The summed E-state index contributed by atoms with van der Waals surface area (Å²) in [6.45, 7) is 7.15. The number of amides is 2. The van der Waals surface area contributed by atoms with E-state index in [9.17, 15) is 9.59 Å². The van der Waals surface area contributed by atoms with Crippen LogP contribution in [0.1, 0.15) is 41.1 Å². The van der Waals surface area contributed by atoms with Gasteiger partial charge in [-0.1, -0.05) is 22.8 Å². The third-order valence-corrected chi connectivity index (χ3v) is 6.66. The fraction of sp³-hybridized carbons (Fsp3) is 0.542. The third kappa shape index (κ3) is 5.50. The van der Waals surface area contributed by atoms with Crippen molar-refractivity contribution in [2.75, 3.05) is 46.0 Å². The number of rotatable bonds is 6. The molecule has 2 fully saturated rings. The minimum absolute atomic E-state index is 0.0691. The summed E-state index contributed by atoms with van der Waals surface area (Å²) in [5, 5.41) is 4.52. The molecule has 2 aliphatic heterocycles. The highest BCUT2D eigenvalue weighted by molar-refractivity contribution is 6.30. The first-order valence-corrected chi connectivity index (χ1v) is 11.7. The molecule has 4 rings (SSSR count). The minimum Gasteiger partial charge on any atom is -0.493 e. The van der Waals surface area contributed by atoms with Crippen LogP contribution in [0.2, 0.25) is 5.02 Å². The lowest BCUT2D eigenvalue weighted by Crippen LogP contribution is -2.52. The topological polar surface area (TPSA) is 85.1 Å². The van der Waals surface area contributed by atoms with Crippen molar-refractivity contribution in [3.05, 3.63) is 46.3 Å². The van der Waals surface area contributed by atoms with Crippen LogP contribution in [-0.2, 0) is 9.53 Å². The molecule has 178 valence electrons. The average molecular weight is 476 g/mol. The standard InChI is InChI=1S/C24H30ClN3O5/c1-17-22(18(2)33-26-17)23(30)28-8-4-7-24(15-28,14-21(29)27-9-11-31-12-10-27)16-32-20-6-3-5-19(25)13-20/h3,5-6,13H,4,7-12,14-16H2,1-2H3/t24-/m0/s1. The van der Waals surface area contributed by atoms with E-state index >= 15 is 0 Å². The van der Waals surface area contributed by atoms with Gasteiger partial charge in [-0.15, -0.1) is 0 Å². The van der Waals surface area contributed by atoms with Crippen molar-refractivity contribution in [1.29, 1.82) is 0 Å². The van der Waals surface area contributed by atoms with Crippen molar-refractivity contribution in [3.63, 3.8) is 0 Å². The Hall–Kier alpha value is -2.58. The third-order valence-electron chi connectivity index (χ3n) is 6.43. The summed E-state index contributed by atoms with van der Waals surface area (Å²) in [6, 6.07) is 7.22. The molecule has 0 N–H and O–H groups in total. The average Bonchev–Trinajstić information content (AvgIpc) is 3.16. The van der Waals surface area contributed by atoms with Gasteiger partial charge >= 0.3 is 0 Å². The smallest absolute Gasteiger partial charge is 0.259 e. The number of halogens is 1. The lowest BCUT2D eigenvalue weighted by Gasteiger charge is -2.43. The van der Waals surface area contributed by atoms with Crippen LogP contribution in [0.25, 0.3) is 0 Å². The van der Waals surface area contributed by atoms with Crippen LogP contribution in [0.4, 0.5) is 0 Å². The van der Waals surface area contributed by atoms with Gasteiger partial charge in [0.25, 0.3) is 5.91 Å². The molecule has 2 saturated heterocycles. The van der Waals surface area contributed by atoms with E-state index in [0.717, 1.165) is 12.8 Å². The quantitative estimate of drug-likeness (QED) is 0.635.